The van der Waals surface area contributed by atoms with Crippen LogP contribution in [-0.2, 0) is 5.41 Å². The molecule has 0 N–H and O–H groups in total. The molecular weight excluding hydrogens is 266 g/mol. The van der Waals surface area contributed by atoms with Crippen molar-refractivity contribution in [1.82, 2.24) is 0 Å². The predicted molar refractivity (Wildman–Crippen MR) is 92.8 cm³/mol. The lowest BCUT2D eigenvalue weighted by atomic mass is 9.86. The molecule has 3 aromatic rings. The normalized spacial score (nSPS) is 11.4. The third-order valence-corrected chi connectivity index (χ3v) is 4.10. The molecule has 0 aromatic heterocycles. The van der Waals surface area contributed by atoms with E-state index in [0.29, 0.717) is 0 Å². The first-order valence-electron chi connectivity index (χ1n) is 7.53. The molecule has 0 heterocycles. The van der Waals surface area contributed by atoms with Crippen molar-refractivity contribution in [3.8, 4) is 17.2 Å². The van der Waals surface area contributed by atoms with E-state index in [-0.39, 0.29) is 5.41 Å². The van der Waals surface area contributed by atoms with Crippen molar-refractivity contribution in [2.24, 2.45) is 0 Å². The molecule has 0 aliphatic heterocycles. The smallest absolute Gasteiger partial charge is 0.0998 e. The lowest BCUT2D eigenvalue weighted by molar-refractivity contribution is 0.590. The SMILES string of the molecule is CC(C)(C)c1ccc(-c2cccc3c(C#N)cccc23)cc1. The molecule has 1 heteroatoms. The standard InChI is InChI=1S/C21H19N/c1-21(2,3)17-12-10-15(11-13-17)18-7-5-8-19-16(14-22)6-4-9-20(18)19/h4-13H,1-3H3. The number of fused-ring (bicyclic) bond motifs is 1. The molecule has 0 fully saturated rings. The Bertz CT molecular complexity index is 859. The summed E-state index contributed by atoms with van der Waals surface area (Å²) in [7, 11) is 0. The van der Waals surface area contributed by atoms with Crippen molar-refractivity contribution in [3.05, 3.63) is 71.8 Å². The van der Waals surface area contributed by atoms with Gasteiger partial charge in [0, 0.05) is 5.39 Å². The van der Waals surface area contributed by atoms with E-state index in [0.717, 1.165) is 16.3 Å². The topological polar surface area (TPSA) is 23.8 Å². The van der Waals surface area contributed by atoms with Gasteiger partial charge in [0.25, 0.3) is 0 Å². The number of rotatable bonds is 1. The highest BCUT2D eigenvalue weighted by Crippen LogP contribution is 2.32. The maximum atomic E-state index is 9.27. The van der Waals surface area contributed by atoms with Crippen molar-refractivity contribution in [1.29, 1.82) is 5.26 Å². The Morgan fingerprint density at radius 1 is 0.773 bits per heavy atom. The molecule has 22 heavy (non-hydrogen) atoms. The summed E-state index contributed by atoms with van der Waals surface area (Å²) in [5, 5.41) is 11.4. The predicted octanol–water partition coefficient (Wildman–Crippen LogP) is 5.68. The zero-order valence-electron chi connectivity index (χ0n) is 13.2. The molecule has 0 bridgehead atoms. The summed E-state index contributed by atoms with van der Waals surface area (Å²) in [5.41, 5.74) is 4.58. The van der Waals surface area contributed by atoms with Crippen molar-refractivity contribution in [2.45, 2.75) is 26.2 Å². The molecule has 0 amide bonds. The van der Waals surface area contributed by atoms with Gasteiger partial charge in [-0.3, -0.25) is 0 Å². The van der Waals surface area contributed by atoms with Gasteiger partial charge >= 0.3 is 0 Å². The van der Waals surface area contributed by atoms with E-state index in [1.165, 1.54) is 16.7 Å². The van der Waals surface area contributed by atoms with E-state index in [1.807, 2.05) is 24.3 Å². The van der Waals surface area contributed by atoms with Crippen LogP contribution in [0.2, 0.25) is 0 Å². The Morgan fingerprint density at radius 2 is 1.41 bits per heavy atom. The van der Waals surface area contributed by atoms with Crippen LogP contribution < -0.4 is 0 Å². The average molecular weight is 285 g/mol. The fraction of sp³-hybridized carbons (Fsp3) is 0.190. The lowest BCUT2D eigenvalue weighted by Gasteiger charge is -2.19. The van der Waals surface area contributed by atoms with Crippen LogP contribution in [0.4, 0.5) is 0 Å². The van der Waals surface area contributed by atoms with Gasteiger partial charge in [-0.2, -0.15) is 5.26 Å². The second-order valence-corrected chi connectivity index (χ2v) is 6.65. The van der Waals surface area contributed by atoms with E-state index in [1.54, 1.807) is 0 Å². The van der Waals surface area contributed by atoms with E-state index < -0.39 is 0 Å². The Kier molecular flexibility index (Phi) is 3.47. The van der Waals surface area contributed by atoms with Gasteiger partial charge in [-0.25, -0.2) is 0 Å². The molecule has 0 radical (unpaired) electrons. The van der Waals surface area contributed by atoms with Gasteiger partial charge in [-0.15, -0.1) is 0 Å². The van der Waals surface area contributed by atoms with Crippen LogP contribution in [0.5, 0.6) is 0 Å². The summed E-state index contributed by atoms with van der Waals surface area (Å²) >= 11 is 0. The van der Waals surface area contributed by atoms with Crippen molar-refractivity contribution in [2.75, 3.05) is 0 Å². The monoisotopic (exact) mass is 285 g/mol. The Morgan fingerprint density at radius 3 is 2.05 bits per heavy atom. The van der Waals surface area contributed by atoms with Gasteiger partial charge in [-0.1, -0.05) is 75.4 Å². The van der Waals surface area contributed by atoms with Crippen LogP contribution in [-0.4, -0.2) is 0 Å². The lowest BCUT2D eigenvalue weighted by Crippen LogP contribution is -2.10. The first-order chi connectivity index (χ1) is 10.5. The van der Waals surface area contributed by atoms with Crippen LogP contribution in [0.1, 0.15) is 31.9 Å². The molecule has 108 valence electrons. The third kappa shape index (κ3) is 2.49. The van der Waals surface area contributed by atoms with Gasteiger partial charge in [0.05, 0.1) is 11.6 Å². The first-order valence-corrected chi connectivity index (χ1v) is 7.53. The van der Waals surface area contributed by atoms with E-state index >= 15 is 0 Å². The molecule has 0 aliphatic carbocycles. The fourth-order valence-corrected chi connectivity index (χ4v) is 2.81. The number of nitriles is 1. The first kappa shape index (κ1) is 14.4. The molecule has 0 saturated heterocycles. The largest absolute Gasteiger partial charge is 0.192 e. The molecule has 0 saturated carbocycles. The molecular formula is C21H19N. The number of hydrogen-bond donors (Lipinski definition) is 0. The molecule has 0 aliphatic rings. The highest BCUT2D eigenvalue weighted by Gasteiger charge is 2.13. The average Bonchev–Trinajstić information content (AvgIpc) is 2.53. The van der Waals surface area contributed by atoms with Crippen molar-refractivity contribution in [3.63, 3.8) is 0 Å². The summed E-state index contributed by atoms with van der Waals surface area (Å²) in [6.07, 6.45) is 0. The van der Waals surface area contributed by atoms with Crippen LogP contribution in [0.25, 0.3) is 21.9 Å². The maximum Gasteiger partial charge on any atom is 0.0998 e. The summed E-state index contributed by atoms with van der Waals surface area (Å²) in [5.74, 6) is 0. The van der Waals surface area contributed by atoms with Crippen molar-refractivity contribution < 1.29 is 0 Å². The summed E-state index contributed by atoms with van der Waals surface area (Å²) in [6, 6.07) is 23.1. The van der Waals surface area contributed by atoms with Crippen molar-refractivity contribution >= 4 is 10.8 Å². The minimum Gasteiger partial charge on any atom is -0.192 e. The Hall–Kier alpha value is -2.59. The maximum absolute atomic E-state index is 9.27. The third-order valence-electron chi connectivity index (χ3n) is 4.10. The van der Waals surface area contributed by atoms with Gasteiger partial charge in [-0.05, 0) is 33.6 Å². The molecule has 3 aromatic carbocycles. The number of benzene rings is 3. The fourth-order valence-electron chi connectivity index (χ4n) is 2.81. The molecule has 0 atom stereocenters. The van der Waals surface area contributed by atoms with Crippen LogP contribution in [0, 0.1) is 11.3 Å². The number of nitrogens with zero attached hydrogens (tertiary/aromatic N) is 1. The quantitative estimate of drug-likeness (QED) is 0.564. The van der Waals surface area contributed by atoms with Crippen LogP contribution >= 0.6 is 0 Å². The van der Waals surface area contributed by atoms with Gasteiger partial charge in [0.1, 0.15) is 0 Å². The number of hydrogen-bond acceptors (Lipinski definition) is 1. The molecule has 3 rings (SSSR count). The van der Waals surface area contributed by atoms with Gasteiger partial charge < -0.3 is 0 Å². The highest BCUT2D eigenvalue weighted by molar-refractivity contribution is 5.99. The second-order valence-electron chi connectivity index (χ2n) is 6.65. The minimum absolute atomic E-state index is 0.158. The molecule has 1 nitrogen and oxygen atoms in total. The Labute approximate surface area is 131 Å². The van der Waals surface area contributed by atoms with E-state index in [9.17, 15) is 5.26 Å². The summed E-state index contributed by atoms with van der Waals surface area (Å²) in [6.45, 7) is 6.66. The molecule has 0 unspecified atom stereocenters. The minimum atomic E-state index is 0.158. The zero-order valence-corrected chi connectivity index (χ0v) is 13.2. The van der Waals surface area contributed by atoms with Gasteiger partial charge in [0.2, 0.25) is 0 Å². The zero-order chi connectivity index (χ0) is 15.7. The van der Waals surface area contributed by atoms with Crippen LogP contribution in [0.15, 0.2) is 60.7 Å². The van der Waals surface area contributed by atoms with Crippen LogP contribution in [0.3, 0.4) is 0 Å². The van der Waals surface area contributed by atoms with E-state index in [2.05, 4.69) is 63.2 Å². The van der Waals surface area contributed by atoms with E-state index in [4.69, 9.17) is 0 Å². The highest BCUT2D eigenvalue weighted by atomic mass is 14.2. The summed E-state index contributed by atoms with van der Waals surface area (Å²) < 4.78 is 0. The molecule has 0 spiro atoms. The van der Waals surface area contributed by atoms with Gasteiger partial charge in [0.15, 0.2) is 0 Å². The summed E-state index contributed by atoms with van der Waals surface area (Å²) in [4.78, 5) is 0. The Balaban J connectivity index is 2.17. The second kappa shape index (κ2) is 5.31.